The van der Waals surface area contributed by atoms with Crippen LogP contribution in [-0.2, 0) is 16.1 Å². The van der Waals surface area contributed by atoms with E-state index >= 15 is 0 Å². The highest BCUT2D eigenvalue weighted by molar-refractivity contribution is 5.98. The van der Waals surface area contributed by atoms with Crippen LogP contribution >= 0.6 is 0 Å². The zero-order valence-corrected chi connectivity index (χ0v) is 11.2. The van der Waals surface area contributed by atoms with Crippen LogP contribution in [0.5, 0.6) is 0 Å². The number of nitrogens with zero attached hydrogens (tertiary/aromatic N) is 1. The number of carbonyl (C=O) groups excluding carboxylic acids is 2. The molecule has 1 aliphatic heterocycles. The zero-order valence-electron chi connectivity index (χ0n) is 11.2. The van der Waals surface area contributed by atoms with Gasteiger partial charge < -0.3 is 10.2 Å². The minimum atomic E-state index is -0.685. The minimum absolute atomic E-state index is 0.000995. The fourth-order valence-corrected chi connectivity index (χ4v) is 3.16. The molecule has 2 aliphatic rings. The third kappa shape index (κ3) is 2.28. The molecule has 5 heteroatoms. The maximum atomic E-state index is 12.9. The summed E-state index contributed by atoms with van der Waals surface area (Å²) in [6.07, 6.45) is 3.38. The smallest absolute Gasteiger partial charge is 0.249 e. The number of benzene rings is 1. The summed E-state index contributed by atoms with van der Waals surface area (Å²) >= 11 is 0. The van der Waals surface area contributed by atoms with Gasteiger partial charge in [0.1, 0.15) is 11.4 Å². The largest absolute Gasteiger partial charge is 0.340 e. The third-order valence-electron chi connectivity index (χ3n) is 4.15. The van der Waals surface area contributed by atoms with Crippen LogP contribution in [0.2, 0.25) is 0 Å². The number of piperazine rings is 1. The SMILES string of the molecule is O=C1CN(Cc2ccc(F)cc2)C(=O)C2(CCCC2)N1. The number of carbonyl (C=O) groups is 2. The van der Waals surface area contributed by atoms with Gasteiger partial charge in [0, 0.05) is 6.54 Å². The minimum Gasteiger partial charge on any atom is -0.340 e. The van der Waals surface area contributed by atoms with Crippen LogP contribution in [0, 0.1) is 5.82 Å². The van der Waals surface area contributed by atoms with Crippen molar-refractivity contribution < 1.29 is 14.0 Å². The third-order valence-corrected chi connectivity index (χ3v) is 4.15. The topological polar surface area (TPSA) is 49.4 Å². The predicted molar refractivity (Wildman–Crippen MR) is 71.2 cm³/mol. The Labute approximate surface area is 117 Å². The van der Waals surface area contributed by atoms with Crippen molar-refractivity contribution >= 4 is 11.8 Å². The lowest BCUT2D eigenvalue weighted by Crippen LogP contribution is -2.65. The molecular formula is C15H17FN2O2. The maximum absolute atomic E-state index is 12.9. The van der Waals surface area contributed by atoms with Gasteiger partial charge in [-0.15, -0.1) is 0 Å². The van der Waals surface area contributed by atoms with Gasteiger partial charge >= 0.3 is 0 Å². The number of hydrogen-bond donors (Lipinski definition) is 1. The molecule has 0 radical (unpaired) electrons. The van der Waals surface area contributed by atoms with Gasteiger partial charge in [0.2, 0.25) is 11.8 Å². The molecule has 0 unspecified atom stereocenters. The second kappa shape index (κ2) is 4.89. The van der Waals surface area contributed by atoms with E-state index in [9.17, 15) is 14.0 Å². The molecule has 1 aromatic rings. The Morgan fingerprint density at radius 2 is 1.80 bits per heavy atom. The Morgan fingerprint density at radius 1 is 1.15 bits per heavy atom. The lowest BCUT2D eigenvalue weighted by atomic mass is 9.93. The molecule has 3 rings (SSSR count). The van der Waals surface area contributed by atoms with E-state index in [0.717, 1.165) is 31.2 Å². The summed E-state index contributed by atoms with van der Waals surface area (Å²) in [5.41, 5.74) is 0.151. The van der Waals surface area contributed by atoms with E-state index in [1.54, 1.807) is 17.0 Å². The monoisotopic (exact) mass is 276 g/mol. The fraction of sp³-hybridized carbons (Fsp3) is 0.467. The van der Waals surface area contributed by atoms with Crippen molar-refractivity contribution in [3.8, 4) is 0 Å². The second-order valence-electron chi connectivity index (χ2n) is 5.63. The van der Waals surface area contributed by atoms with Crippen molar-refractivity contribution in [1.82, 2.24) is 10.2 Å². The molecule has 20 heavy (non-hydrogen) atoms. The van der Waals surface area contributed by atoms with Crippen molar-refractivity contribution in [3.63, 3.8) is 0 Å². The number of hydrogen-bond acceptors (Lipinski definition) is 2. The Hall–Kier alpha value is -1.91. The van der Waals surface area contributed by atoms with Gasteiger partial charge in [-0.3, -0.25) is 9.59 Å². The van der Waals surface area contributed by atoms with Crippen LogP contribution in [0.1, 0.15) is 31.2 Å². The average molecular weight is 276 g/mol. The molecule has 1 saturated carbocycles. The quantitative estimate of drug-likeness (QED) is 0.892. The van der Waals surface area contributed by atoms with E-state index < -0.39 is 5.54 Å². The number of halogens is 1. The van der Waals surface area contributed by atoms with Crippen LogP contribution in [0.3, 0.4) is 0 Å². The first kappa shape index (κ1) is 13.1. The molecule has 1 saturated heterocycles. The zero-order chi connectivity index (χ0) is 14.2. The highest BCUT2D eigenvalue weighted by Crippen LogP contribution is 2.33. The van der Waals surface area contributed by atoms with Crippen molar-refractivity contribution in [1.29, 1.82) is 0 Å². The lowest BCUT2D eigenvalue weighted by molar-refractivity contribution is -0.150. The summed E-state index contributed by atoms with van der Waals surface area (Å²) in [5, 5.41) is 2.88. The van der Waals surface area contributed by atoms with Crippen molar-refractivity contribution in [2.75, 3.05) is 6.54 Å². The fourth-order valence-electron chi connectivity index (χ4n) is 3.16. The first-order valence-electron chi connectivity index (χ1n) is 6.94. The van der Waals surface area contributed by atoms with Crippen LogP contribution in [-0.4, -0.2) is 28.8 Å². The molecule has 4 nitrogen and oxygen atoms in total. The molecule has 2 fully saturated rings. The first-order chi connectivity index (χ1) is 9.59. The van der Waals surface area contributed by atoms with Crippen LogP contribution < -0.4 is 5.32 Å². The molecule has 0 atom stereocenters. The Bertz CT molecular complexity index is 535. The predicted octanol–water partition coefficient (Wildman–Crippen LogP) is 1.60. The van der Waals surface area contributed by atoms with E-state index in [0.29, 0.717) is 6.54 Å². The molecule has 1 aromatic carbocycles. The highest BCUT2D eigenvalue weighted by Gasteiger charge is 2.48. The van der Waals surface area contributed by atoms with Crippen LogP contribution in [0.15, 0.2) is 24.3 Å². The van der Waals surface area contributed by atoms with E-state index in [2.05, 4.69) is 5.32 Å². The van der Waals surface area contributed by atoms with Gasteiger partial charge in [0.05, 0.1) is 6.54 Å². The Balaban J connectivity index is 1.79. The standard InChI is InChI=1S/C15H17FN2O2/c16-12-5-3-11(4-6-12)9-18-10-13(19)17-15(14(18)20)7-1-2-8-15/h3-6H,1-2,7-10H2,(H,17,19). The van der Waals surface area contributed by atoms with Gasteiger partial charge in [0.15, 0.2) is 0 Å². The number of nitrogens with one attached hydrogen (secondary N) is 1. The number of rotatable bonds is 2. The Kier molecular flexibility index (Phi) is 3.20. The normalized spacial score (nSPS) is 21.4. The van der Waals surface area contributed by atoms with Crippen LogP contribution in [0.4, 0.5) is 4.39 Å². The summed E-state index contributed by atoms with van der Waals surface area (Å²) < 4.78 is 12.9. The number of amides is 2. The molecule has 0 bridgehead atoms. The second-order valence-corrected chi connectivity index (χ2v) is 5.63. The maximum Gasteiger partial charge on any atom is 0.249 e. The van der Waals surface area contributed by atoms with Gasteiger partial charge in [-0.25, -0.2) is 4.39 Å². The highest BCUT2D eigenvalue weighted by atomic mass is 19.1. The van der Waals surface area contributed by atoms with Gasteiger partial charge in [-0.1, -0.05) is 25.0 Å². The van der Waals surface area contributed by atoms with Gasteiger partial charge in [0.25, 0.3) is 0 Å². The van der Waals surface area contributed by atoms with Crippen molar-refractivity contribution in [2.45, 2.75) is 37.8 Å². The van der Waals surface area contributed by atoms with Gasteiger partial charge in [-0.05, 0) is 30.5 Å². The molecule has 2 amide bonds. The van der Waals surface area contributed by atoms with Crippen LogP contribution in [0.25, 0.3) is 0 Å². The Morgan fingerprint density at radius 3 is 2.45 bits per heavy atom. The van der Waals surface area contributed by atoms with Gasteiger partial charge in [-0.2, -0.15) is 0 Å². The van der Waals surface area contributed by atoms with E-state index in [1.165, 1.54) is 12.1 Å². The molecule has 1 heterocycles. The summed E-state index contributed by atoms with van der Waals surface area (Å²) in [6, 6.07) is 6.04. The molecule has 0 aromatic heterocycles. The molecular weight excluding hydrogens is 259 g/mol. The summed E-state index contributed by atoms with van der Waals surface area (Å²) in [5.74, 6) is -0.406. The first-order valence-corrected chi connectivity index (χ1v) is 6.94. The molecule has 1 N–H and O–H groups in total. The summed E-state index contributed by atoms with van der Waals surface area (Å²) in [4.78, 5) is 26.0. The summed E-state index contributed by atoms with van der Waals surface area (Å²) in [6.45, 7) is 0.437. The average Bonchev–Trinajstić information content (AvgIpc) is 2.87. The van der Waals surface area contributed by atoms with Crippen molar-refractivity contribution in [3.05, 3.63) is 35.6 Å². The summed E-state index contributed by atoms with van der Waals surface area (Å²) in [7, 11) is 0. The van der Waals surface area contributed by atoms with E-state index in [4.69, 9.17) is 0 Å². The lowest BCUT2D eigenvalue weighted by Gasteiger charge is -2.39. The van der Waals surface area contributed by atoms with E-state index in [1.807, 2.05) is 0 Å². The molecule has 106 valence electrons. The van der Waals surface area contributed by atoms with E-state index in [-0.39, 0.29) is 24.2 Å². The van der Waals surface area contributed by atoms with Crippen molar-refractivity contribution in [2.24, 2.45) is 0 Å². The molecule has 1 spiro atoms. The molecule has 1 aliphatic carbocycles.